The highest BCUT2D eigenvalue weighted by molar-refractivity contribution is 6.14. The van der Waals surface area contributed by atoms with E-state index in [9.17, 15) is 18.0 Å². The third kappa shape index (κ3) is 2.64. The third-order valence-corrected chi connectivity index (χ3v) is 3.57. The number of esters is 1. The molecule has 2 heterocycles. The van der Waals surface area contributed by atoms with Crippen molar-refractivity contribution >= 4 is 23.2 Å². The van der Waals surface area contributed by atoms with Crippen molar-refractivity contribution in [2.24, 2.45) is 4.99 Å². The Morgan fingerprint density at radius 2 is 2.04 bits per heavy atom. The summed E-state index contributed by atoms with van der Waals surface area (Å²) < 4.78 is 45.1. The fourth-order valence-electron chi connectivity index (χ4n) is 2.55. The molecule has 0 atom stereocenters. The number of rotatable bonds is 2. The lowest BCUT2D eigenvalue weighted by Gasteiger charge is -2.32. The maximum Gasteiger partial charge on any atom is 0.418 e. The van der Waals surface area contributed by atoms with Gasteiger partial charge in [-0.3, -0.25) is 0 Å². The molecule has 0 bridgehead atoms. The van der Waals surface area contributed by atoms with E-state index in [0.717, 1.165) is 6.20 Å². The lowest BCUT2D eigenvalue weighted by Crippen LogP contribution is -2.38. The highest BCUT2D eigenvalue weighted by atomic mass is 19.4. The summed E-state index contributed by atoms with van der Waals surface area (Å²) in [5.41, 5.74) is -0.533. The second-order valence-electron chi connectivity index (χ2n) is 5.20. The number of anilines is 1. The van der Waals surface area contributed by atoms with Gasteiger partial charge in [0.2, 0.25) is 0 Å². The number of fused-ring (bicyclic) bond motifs is 2. The molecule has 126 valence electrons. The number of ether oxygens (including phenoxy) is 1. The zero-order chi connectivity index (χ0) is 17.5. The molecule has 0 unspecified atom stereocenters. The number of carbonyl (C=O) groups excluding carboxylic acids is 1. The van der Waals surface area contributed by atoms with Gasteiger partial charge in [-0.15, -0.1) is 0 Å². The highest BCUT2D eigenvalue weighted by Gasteiger charge is 2.45. The van der Waals surface area contributed by atoms with Gasteiger partial charge in [0.1, 0.15) is 5.57 Å². The topological polar surface area (TPSA) is 53.9 Å². The third-order valence-electron chi connectivity index (χ3n) is 3.57. The Morgan fingerprint density at radius 1 is 1.33 bits per heavy atom. The van der Waals surface area contributed by atoms with Gasteiger partial charge in [0, 0.05) is 13.2 Å². The predicted molar refractivity (Wildman–Crippen MR) is 82.7 cm³/mol. The van der Waals surface area contributed by atoms with E-state index in [1.165, 1.54) is 18.9 Å². The molecule has 0 aromatic heterocycles. The van der Waals surface area contributed by atoms with Crippen molar-refractivity contribution in [3.8, 4) is 0 Å². The monoisotopic (exact) mass is 337 g/mol. The number of hydrogen-bond acceptors (Lipinski definition) is 5. The van der Waals surface area contributed by atoms with Crippen LogP contribution in [0.5, 0.6) is 0 Å². The van der Waals surface area contributed by atoms with Crippen LogP contribution in [-0.4, -0.2) is 36.5 Å². The average Bonchev–Trinajstić information content (AvgIpc) is 2.52. The van der Waals surface area contributed by atoms with Crippen molar-refractivity contribution in [1.82, 2.24) is 4.90 Å². The van der Waals surface area contributed by atoms with E-state index < -0.39 is 23.3 Å². The molecular formula is C16H14F3N3O2. The summed E-state index contributed by atoms with van der Waals surface area (Å²) >= 11 is 0. The molecule has 0 radical (unpaired) electrons. The zero-order valence-electron chi connectivity index (χ0n) is 12.9. The molecule has 24 heavy (non-hydrogen) atoms. The van der Waals surface area contributed by atoms with Gasteiger partial charge in [-0.25, -0.2) is 9.79 Å². The molecule has 0 saturated heterocycles. The van der Waals surface area contributed by atoms with Gasteiger partial charge < -0.3 is 15.0 Å². The van der Waals surface area contributed by atoms with Crippen LogP contribution in [0.4, 0.5) is 24.5 Å². The first-order valence-corrected chi connectivity index (χ1v) is 7.21. The van der Waals surface area contributed by atoms with E-state index in [2.05, 4.69) is 10.3 Å². The molecule has 2 aliphatic rings. The number of likely N-dealkylation sites (N-methyl/N-ethyl adjacent to an activating group) is 1. The maximum atomic E-state index is 13.4. The molecule has 1 aromatic carbocycles. The minimum absolute atomic E-state index is 0.00975. The fourth-order valence-corrected chi connectivity index (χ4v) is 2.55. The minimum Gasteiger partial charge on any atom is -0.462 e. The predicted octanol–water partition coefficient (Wildman–Crippen LogP) is 3.35. The standard InChI is InChI=1S/C16H14F3N3O2/c1-3-24-15(23)12-9(16(17,18)19)8-22(2)14-13(12)20-10-6-4-5-7-11(10)21-14/h4-8,20H,3H2,1-2H3. The van der Waals surface area contributed by atoms with E-state index in [1.807, 2.05) is 0 Å². The van der Waals surface area contributed by atoms with Crippen LogP contribution in [0, 0.1) is 0 Å². The molecule has 0 amide bonds. The van der Waals surface area contributed by atoms with Crippen LogP contribution in [0.2, 0.25) is 0 Å². The van der Waals surface area contributed by atoms with Gasteiger partial charge in [-0.05, 0) is 19.1 Å². The first-order valence-electron chi connectivity index (χ1n) is 7.21. The van der Waals surface area contributed by atoms with E-state index in [0.29, 0.717) is 11.4 Å². The highest BCUT2D eigenvalue weighted by Crippen LogP contribution is 2.40. The number of amidine groups is 1. The number of benzene rings is 1. The average molecular weight is 337 g/mol. The Balaban J connectivity index is 2.21. The quantitative estimate of drug-likeness (QED) is 0.841. The molecule has 1 N–H and O–H groups in total. The number of nitrogens with zero attached hydrogens (tertiary/aromatic N) is 2. The van der Waals surface area contributed by atoms with Gasteiger partial charge in [0.25, 0.3) is 0 Å². The summed E-state index contributed by atoms with van der Waals surface area (Å²) in [6.45, 7) is 1.51. The molecule has 3 rings (SSSR count). The van der Waals surface area contributed by atoms with Crippen LogP contribution in [0.1, 0.15) is 6.92 Å². The zero-order valence-corrected chi connectivity index (χ0v) is 12.9. The molecule has 1 aromatic rings. The van der Waals surface area contributed by atoms with Gasteiger partial charge in [0.05, 0.1) is 29.3 Å². The van der Waals surface area contributed by atoms with Gasteiger partial charge in [-0.2, -0.15) is 13.2 Å². The molecule has 0 spiro atoms. The smallest absolute Gasteiger partial charge is 0.418 e. The Morgan fingerprint density at radius 3 is 2.71 bits per heavy atom. The largest absolute Gasteiger partial charge is 0.462 e. The molecule has 2 aliphatic heterocycles. The Hall–Kier alpha value is -2.77. The number of hydrogen-bond donors (Lipinski definition) is 1. The van der Waals surface area contributed by atoms with Gasteiger partial charge in [0.15, 0.2) is 5.84 Å². The van der Waals surface area contributed by atoms with Crippen LogP contribution in [0.15, 0.2) is 52.3 Å². The summed E-state index contributed by atoms with van der Waals surface area (Å²) in [5, 5.41) is 2.89. The summed E-state index contributed by atoms with van der Waals surface area (Å²) in [5.74, 6) is -0.812. The number of alkyl halides is 3. The van der Waals surface area contributed by atoms with Crippen molar-refractivity contribution in [3.63, 3.8) is 0 Å². The van der Waals surface area contributed by atoms with E-state index >= 15 is 0 Å². The van der Waals surface area contributed by atoms with Crippen molar-refractivity contribution < 1.29 is 22.7 Å². The first-order chi connectivity index (χ1) is 11.3. The van der Waals surface area contributed by atoms with Crippen LogP contribution in [-0.2, 0) is 9.53 Å². The van der Waals surface area contributed by atoms with Crippen LogP contribution >= 0.6 is 0 Å². The van der Waals surface area contributed by atoms with E-state index in [1.54, 1.807) is 24.3 Å². The van der Waals surface area contributed by atoms with Crippen LogP contribution < -0.4 is 5.32 Å². The minimum atomic E-state index is -4.70. The first kappa shape index (κ1) is 16.1. The number of para-hydroxylation sites is 2. The summed E-state index contributed by atoms with van der Waals surface area (Å²) in [4.78, 5) is 17.8. The lowest BCUT2D eigenvalue weighted by atomic mass is 9.98. The number of halogens is 3. The fraction of sp³-hybridized carbons (Fsp3) is 0.250. The van der Waals surface area contributed by atoms with Crippen LogP contribution in [0.3, 0.4) is 0 Å². The normalized spacial score (nSPS) is 16.6. The van der Waals surface area contributed by atoms with Gasteiger partial charge in [-0.1, -0.05) is 12.1 Å². The Kier molecular flexibility index (Phi) is 3.82. The second kappa shape index (κ2) is 5.70. The van der Waals surface area contributed by atoms with Crippen molar-refractivity contribution in [3.05, 3.63) is 47.3 Å². The lowest BCUT2D eigenvalue weighted by molar-refractivity contribution is -0.140. The number of carbonyl (C=O) groups is 1. The van der Waals surface area contributed by atoms with E-state index in [4.69, 9.17) is 4.74 Å². The molecule has 8 heteroatoms. The Bertz CT molecular complexity index is 794. The molecule has 0 fully saturated rings. The summed E-state index contributed by atoms with van der Waals surface area (Å²) in [6.07, 6.45) is -3.85. The number of nitrogens with one attached hydrogen (secondary N) is 1. The molecule has 0 aliphatic carbocycles. The summed E-state index contributed by atoms with van der Waals surface area (Å²) in [6, 6.07) is 6.90. The molecular weight excluding hydrogens is 323 g/mol. The molecule has 0 saturated carbocycles. The SMILES string of the molecule is CCOC(=O)C1=C2Nc3ccccc3N=C2N(C)C=C1C(F)(F)F. The second-order valence-corrected chi connectivity index (χ2v) is 5.20. The van der Waals surface area contributed by atoms with Gasteiger partial charge >= 0.3 is 12.1 Å². The summed E-state index contributed by atoms with van der Waals surface area (Å²) in [7, 11) is 1.45. The van der Waals surface area contributed by atoms with Crippen molar-refractivity contribution in [1.29, 1.82) is 0 Å². The Labute approximate surface area is 136 Å². The number of aliphatic imine (C=N–C) groups is 1. The molecule has 5 nitrogen and oxygen atoms in total. The maximum absolute atomic E-state index is 13.4. The van der Waals surface area contributed by atoms with Crippen molar-refractivity contribution in [2.75, 3.05) is 19.0 Å². The van der Waals surface area contributed by atoms with Crippen molar-refractivity contribution in [2.45, 2.75) is 13.1 Å². The van der Waals surface area contributed by atoms with E-state index in [-0.39, 0.29) is 18.1 Å². The van der Waals surface area contributed by atoms with Crippen LogP contribution in [0.25, 0.3) is 0 Å².